The van der Waals surface area contributed by atoms with Crippen molar-refractivity contribution in [1.29, 1.82) is 0 Å². The Labute approximate surface area is 140 Å². The van der Waals surface area contributed by atoms with Crippen LogP contribution in [0, 0.1) is 5.82 Å². The van der Waals surface area contributed by atoms with E-state index in [2.05, 4.69) is 36.6 Å². The number of aliphatic hydroxyl groups is 1. The normalized spacial score (nSPS) is 16.8. The van der Waals surface area contributed by atoms with Gasteiger partial charge in [0.05, 0.1) is 6.10 Å². The fourth-order valence-electron chi connectivity index (χ4n) is 3.11. The molecule has 1 atom stereocenters. The fourth-order valence-corrected chi connectivity index (χ4v) is 3.52. The topological polar surface area (TPSA) is 20.2 Å². The van der Waals surface area contributed by atoms with Crippen molar-refractivity contribution in [3.63, 3.8) is 0 Å². The molecule has 1 N–H and O–H groups in total. The Hall–Kier alpha value is -1.84. The summed E-state index contributed by atoms with van der Waals surface area (Å²) in [5.41, 5.74) is 5.74. The highest BCUT2D eigenvalue weighted by Gasteiger charge is 2.26. The molecule has 118 valence electrons. The first-order valence-electron chi connectivity index (χ1n) is 7.56. The Balaban J connectivity index is 2.13. The number of benzene rings is 2. The third kappa shape index (κ3) is 2.99. The van der Waals surface area contributed by atoms with Gasteiger partial charge in [-0.05, 0) is 83.9 Å². The largest absolute Gasteiger partial charge is 0.389 e. The summed E-state index contributed by atoms with van der Waals surface area (Å²) < 4.78 is 13.6. The van der Waals surface area contributed by atoms with Gasteiger partial charge in [0.2, 0.25) is 0 Å². The maximum atomic E-state index is 13.6. The Kier molecular flexibility index (Phi) is 4.42. The number of hydrogen-bond donors (Lipinski definition) is 1. The second-order valence-corrected chi connectivity index (χ2v) is 6.62. The minimum absolute atomic E-state index is 0.278. The maximum absolute atomic E-state index is 13.6. The van der Waals surface area contributed by atoms with E-state index in [1.165, 1.54) is 17.0 Å². The monoisotopic (exact) mass is 326 g/mol. The molecule has 1 aliphatic rings. The third-order valence-electron chi connectivity index (χ3n) is 4.21. The molecule has 0 fully saturated rings. The fraction of sp³-hybridized carbons (Fsp3) is 0.200. The van der Waals surface area contributed by atoms with Gasteiger partial charge in [-0.15, -0.1) is 11.8 Å². The average molecular weight is 326 g/mol. The molecule has 2 aromatic rings. The first-order valence-corrected chi connectivity index (χ1v) is 8.79. The Morgan fingerprint density at radius 3 is 2.39 bits per heavy atom. The van der Waals surface area contributed by atoms with Crippen LogP contribution in [0.2, 0.25) is 0 Å². The van der Waals surface area contributed by atoms with Gasteiger partial charge in [-0.25, -0.2) is 4.39 Å². The lowest BCUT2D eigenvalue weighted by atomic mass is 10.0. The minimum Gasteiger partial charge on any atom is -0.389 e. The van der Waals surface area contributed by atoms with Crippen LogP contribution in [0.25, 0.3) is 17.2 Å². The van der Waals surface area contributed by atoms with E-state index in [-0.39, 0.29) is 5.82 Å². The molecule has 0 amide bonds. The molecule has 1 unspecified atom stereocenters. The minimum atomic E-state index is -0.625. The molecule has 3 rings (SSSR count). The molecule has 0 radical (unpaired) electrons. The standard InChI is InChI=1S/C20H19FOS/c1-12-18(10-14-4-7-16(23-3)8-5-14)17-9-6-15(21)11-19(17)20(12)13(2)22/h4-11,13,22H,1-3H3/b18-10-. The first-order chi connectivity index (χ1) is 11.0. The van der Waals surface area contributed by atoms with Crippen molar-refractivity contribution in [3.05, 3.63) is 70.5 Å². The molecular formula is C20H19FOS. The van der Waals surface area contributed by atoms with Crippen molar-refractivity contribution in [2.24, 2.45) is 0 Å². The summed E-state index contributed by atoms with van der Waals surface area (Å²) >= 11 is 1.71. The molecule has 0 bridgehead atoms. The molecule has 0 aliphatic heterocycles. The smallest absolute Gasteiger partial charge is 0.123 e. The third-order valence-corrected chi connectivity index (χ3v) is 4.96. The first kappa shape index (κ1) is 16.0. The van der Waals surface area contributed by atoms with E-state index >= 15 is 0 Å². The highest BCUT2D eigenvalue weighted by atomic mass is 32.2. The van der Waals surface area contributed by atoms with Crippen molar-refractivity contribution >= 4 is 29.0 Å². The van der Waals surface area contributed by atoms with E-state index in [0.717, 1.165) is 33.4 Å². The van der Waals surface area contributed by atoms with Gasteiger partial charge in [0.15, 0.2) is 0 Å². The van der Waals surface area contributed by atoms with Crippen LogP contribution in [0.5, 0.6) is 0 Å². The number of hydrogen-bond acceptors (Lipinski definition) is 2. The SMILES string of the molecule is CSc1ccc(/C=C2/C(C)=C(C(C)O)c3cc(F)ccc32)cc1. The van der Waals surface area contributed by atoms with Crippen molar-refractivity contribution < 1.29 is 9.50 Å². The lowest BCUT2D eigenvalue weighted by Gasteiger charge is -2.09. The highest BCUT2D eigenvalue weighted by Crippen LogP contribution is 2.43. The average Bonchev–Trinajstić information content (AvgIpc) is 2.79. The van der Waals surface area contributed by atoms with Crippen LogP contribution in [-0.4, -0.2) is 17.5 Å². The number of rotatable bonds is 3. The molecule has 0 saturated carbocycles. The quantitative estimate of drug-likeness (QED) is 0.777. The van der Waals surface area contributed by atoms with E-state index in [9.17, 15) is 9.50 Å². The van der Waals surface area contributed by atoms with Crippen LogP contribution in [0.4, 0.5) is 4.39 Å². The molecule has 1 aliphatic carbocycles. The predicted molar refractivity (Wildman–Crippen MR) is 96.8 cm³/mol. The zero-order chi connectivity index (χ0) is 16.6. The zero-order valence-corrected chi connectivity index (χ0v) is 14.2. The van der Waals surface area contributed by atoms with Crippen molar-refractivity contribution in [3.8, 4) is 0 Å². The number of allylic oxidation sites excluding steroid dienone is 2. The van der Waals surface area contributed by atoms with Crippen LogP contribution < -0.4 is 0 Å². The van der Waals surface area contributed by atoms with Crippen LogP contribution in [0.1, 0.15) is 30.5 Å². The lowest BCUT2D eigenvalue weighted by Crippen LogP contribution is -2.03. The van der Waals surface area contributed by atoms with Gasteiger partial charge in [-0.3, -0.25) is 0 Å². The van der Waals surface area contributed by atoms with Crippen molar-refractivity contribution in [2.45, 2.75) is 24.8 Å². The van der Waals surface area contributed by atoms with Gasteiger partial charge in [0.25, 0.3) is 0 Å². The van der Waals surface area contributed by atoms with Gasteiger partial charge >= 0.3 is 0 Å². The van der Waals surface area contributed by atoms with Crippen molar-refractivity contribution in [2.75, 3.05) is 6.26 Å². The van der Waals surface area contributed by atoms with Crippen LogP contribution in [-0.2, 0) is 0 Å². The molecule has 1 nitrogen and oxygen atoms in total. The summed E-state index contributed by atoms with van der Waals surface area (Å²) in [6.07, 6.45) is 3.53. The Bertz CT molecular complexity index is 801. The Morgan fingerprint density at radius 2 is 1.78 bits per heavy atom. The van der Waals surface area contributed by atoms with Gasteiger partial charge in [-0.1, -0.05) is 18.2 Å². The van der Waals surface area contributed by atoms with E-state index in [0.29, 0.717) is 0 Å². The van der Waals surface area contributed by atoms with Crippen LogP contribution in [0.3, 0.4) is 0 Å². The summed E-state index contributed by atoms with van der Waals surface area (Å²) in [5.74, 6) is -0.278. The molecule has 2 aromatic carbocycles. The van der Waals surface area contributed by atoms with Crippen LogP contribution >= 0.6 is 11.8 Å². The van der Waals surface area contributed by atoms with E-state index in [1.54, 1.807) is 24.8 Å². The Morgan fingerprint density at radius 1 is 1.09 bits per heavy atom. The molecule has 3 heteroatoms. The van der Waals surface area contributed by atoms with E-state index in [4.69, 9.17) is 0 Å². The van der Waals surface area contributed by atoms with E-state index < -0.39 is 6.10 Å². The second-order valence-electron chi connectivity index (χ2n) is 5.74. The lowest BCUT2D eigenvalue weighted by molar-refractivity contribution is 0.253. The molecule has 0 aromatic heterocycles. The zero-order valence-electron chi connectivity index (χ0n) is 13.4. The highest BCUT2D eigenvalue weighted by molar-refractivity contribution is 7.98. The summed E-state index contributed by atoms with van der Waals surface area (Å²) in [5, 5.41) is 10.1. The molecular weight excluding hydrogens is 307 g/mol. The summed E-state index contributed by atoms with van der Waals surface area (Å²) in [6.45, 7) is 3.71. The predicted octanol–water partition coefficient (Wildman–Crippen LogP) is 5.26. The summed E-state index contributed by atoms with van der Waals surface area (Å²) in [4.78, 5) is 1.22. The van der Waals surface area contributed by atoms with Gasteiger partial charge in [0.1, 0.15) is 5.82 Å². The number of fused-ring (bicyclic) bond motifs is 1. The van der Waals surface area contributed by atoms with Crippen molar-refractivity contribution in [1.82, 2.24) is 0 Å². The molecule has 0 saturated heterocycles. The summed E-state index contributed by atoms with van der Waals surface area (Å²) in [6, 6.07) is 13.1. The van der Waals surface area contributed by atoms with Crippen LogP contribution in [0.15, 0.2) is 52.9 Å². The number of halogens is 1. The maximum Gasteiger partial charge on any atom is 0.123 e. The second kappa shape index (κ2) is 6.34. The number of aliphatic hydroxyl groups excluding tert-OH is 1. The number of thioether (sulfide) groups is 1. The molecule has 23 heavy (non-hydrogen) atoms. The molecule has 0 heterocycles. The molecule has 0 spiro atoms. The summed E-state index contributed by atoms with van der Waals surface area (Å²) in [7, 11) is 0. The van der Waals surface area contributed by atoms with Gasteiger partial charge < -0.3 is 5.11 Å². The van der Waals surface area contributed by atoms with Gasteiger partial charge in [-0.2, -0.15) is 0 Å². The van der Waals surface area contributed by atoms with Gasteiger partial charge in [0, 0.05) is 4.90 Å². The van der Waals surface area contributed by atoms with E-state index in [1.807, 2.05) is 6.92 Å².